The normalized spacial score (nSPS) is 13.8. The second-order valence-corrected chi connectivity index (χ2v) is 3.26. The molecule has 5 heteroatoms. The van der Waals surface area contributed by atoms with Crippen molar-refractivity contribution in [2.75, 3.05) is 13.2 Å². The molecule has 0 aromatic heterocycles. The second kappa shape index (κ2) is 5.32. The van der Waals surface area contributed by atoms with Crippen LogP contribution >= 0.6 is 0 Å². The van der Waals surface area contributed by atoms with Gasteiger partial charge in [-0.15, -0.1) is 0 Å². The minimum atomic E-state index is -4.37. The molecule has 16 heavy (non-hydrogen) atoms. The quantitative estimate of drug-likeness (QED) is 0.867. The van der Waals surface area contributed by atoms with Crippen LogP contribution in [-0.4, -0.2) is 13.2 Å². The Bertz CT molecular complexity index is 338. The van der Waals surface area contributed by atoms with Gasteiger partial charge in [0.25, 0.3) is 0 Å². The van der Waals surface area contributed by atoms with Crippen molar-refractivity contribution in [2.45, 2.75) is 19.2 Å². The predicted octanol–water partition coefficient (Wildman–Crippen LogP) is 2.74. The number of alkyl halides is 3. The van der Waals surface area contributed by atoms with E-state index in [9.17, 15) is 13.2 Å². The Morgan fingerprint density at radius 2 is 1.94 bits per heavy atom. The third kappa shape index (κ3) is 2.96. The summed E-state index contributed by atoms with van der Waals surface area (Å²) < 4.78 is 43.3. The SMILES string of the molecule is CCOC(CN)c1ccccc1C(F)(F)F. The molecule has 1 aromatic rings. The van der Waals surface area contributed by atoms with E-state index < -0.39 is 17.8 Å². The molecule has 0 aliphatic rings. The highest BCUT2D eigenvalue weighted by molar-refractivity contribution is 5.31. The Labute approximate surface area is 92.2 Å². The summed E-state index contributed by atoms with van der Waals surface area (Å²) in [7, 11) is 0. The maximum atomic E-state index is 12.7. The molecule has 0 spiro atoms. The van der Waals surface area contributed by atoms with Crippen LogP contribution in [0.1, 0.15) is 24.2 Å². The minimum Gasteiger partial charge on any atom is -0.372 e. The number of rotatable bonds is 4. The van der Waals surface area contributed by atoms with Crippen LogP contribution in [0.2, 0.25) is 0 Å². The topological polar surface area (TPSA) is 35.2 Å². The Kier molecular flexibility index (Phi) is 4.32. The molecule has 0 radical (unpaired) electrons. The van der Waals surface area contributed by atoms with Crippen LogP contribution in [0.15, 0.2) is 24.3 Å². The monoisotopic (exact) mass is 233 g/mol. The van der Waals surface area contributed by atoms with Crippen LogP contribution in [0.5, 0.6) is 0 Å². The summed E-state index contributed by atoms with van der Waals surface area (Å²) in [6.07, 6.45) is -5.08. The maximum Gasteiger partial charge on any atom is 0.416 e. The van der Waals surface area contributed by atoms with Crippen LogP contribution < -0.4 is 5.73 Å². The maximum absolute atomic E-state index is 12.7. The highest BCUT2D eigenvalue weighted by atomic mass is 19.4. The molecule has 0 bridgehead atoms. The van der Waals surface area contributed by atoms with Gasteiger partial charge in [-0.3, -0.25) is 0 Å². The smallest absolute Gasteiger partial charge is 0.372 e. The molecule has 0 saturated heterocycles. The number of benzene rings is 1. The molecule has 1 unspecified atom stereocenters. The fourth-order valence-electron chi connectivity index (χ4n) is 1.52. The fourth-order valence-corrected chi connectivity index (χ4v) is 1.52. The van der Waals surface area contributed by atoms with E-state index in [4.69, 9.17) is 10.5 Å². The van der Waals surface area contributed by atoms with E-state index in [1.807, 2.05) is 0 Å². The van der Waals surface area contributed by atoms with Gasteiger partial charge < -0.3 is 10.5 Å². The van der Waals surface area contributed by atoms with E-state index in [1.54, 1.807) is 13.0 Å². The lowest BCUT2D eigenvalue weighted by atomic mass is 10.0. The summed E-state index contributed by atoms with van der Waals surface area (Å²) in [5, 5.41) is 0. The lowest BCUT2D eigenvalue weighted by Crippen LogP contribution is -2.20. The molecule has 90 valence electrons. The molecule has 2 N–H and O–H groups in total. The van der Waals surface area contributed by atoms with E-state index >= 15 is 0 Å². The summed E-state index contributed by atoms with van der Waals surface area (Å²) >= 11 is 0. The van der Waals surface area contributed by atoms with Crippen molar-refractivity contribution in [3.63, 3.8) is 0 Å². The van der Waals surface area contributed by atoms with Gasteiger partial charge in [-0.05, 0) is 18.6 Å². The van der Waals surface area contributed by atoms with Crippen molar-refractivity contribution in [3.05, 3.63) is 35.4 Å². The predicted molar refractivity (Wildman–Crippen MR) is 54.9 cm³/mol. The molecule has 1 atom stereocenters. The molecule has 0 aliphatic heterocycles. The van der Waals surface area contributed by atoms with Crippen LogP contribution in [0.3, 0.4) is 0 Å². The van der Waals surface area contributed by atoms with Crippen LogP contribution in [-0.2, 0) is 10.9 Å². The first-order chi connectivity index (χ1) is 7.50. The van der Waals surface area contributed by atoms with Crippen LogP contribution in [0.4, 0.5) is 13.2 Å². The van der Waals surface area contributed by atoms with E-state index in [1.165, 1.54) is 12.1 Å². The molecule has 0 heterocycles. The number of hydrogen-bond donors (Lipinski definition) is 1. The molecule has 0 amide bonds. The van der Waals surface area contributed by atoms with Crippen molar-refractivity contribution < 1.29 is 17.9 Å². The first-order valence-electron chi connectivity index (χ1n) is 4.98. The molecule has 0 aliphatic carbocycles. The van der Waals surface area contributed by atoms with E-state index in [2.05, 4.69) is 0 Å². The van der Waals surface area contributed by atoms with Gasteiger partial charge in [0, 0.05) is 13.2 Å². The number of hydrogen-bond acceptors (Lipinski definition) is 2. The summed E-state index contributed by atoms with van der Waals surface area (Å²) in [6, 6.07) is 5.34. The molecule has 2 nitrogen and oxygen atoms in total. The number of nitrogens with two attached hydrogens (primary N) is 1. The average Bonchev–Trinajstić information content (AvgIpc) is 2.25. The summed E-state index contributed by atoms with van der Waals surface area (Å²) in [6.45, 7) is 2.08. The van der Waals surface area contributed by atoms with Crippen LogP contribution in [0.25, 0.3) is 0 Å². The van der Waals surface area contributed by atoms with Gasteiger partial charge in [-0.2, -0.15) is 13.2 Å². The average molecular weight is 233 g/mol. The summed E-state index contributed by atoms with van der Waals surface area (Å²) in [5.41, 5.74) is 4.83. The van der Waals surface area contributed by atoms with Crippen molar-refractivity contribution >= 4 is 0 Å². The second-order valence-electron chi connectivity index (χ2n) is 3.26. The van der Waals surface area contributed by atoms with Gasteiger partial charge in [0.1, 0.15) is 0 Å². The highest BCUT2D eigenvalue weighted by Crippen LogP contribution is 2.35. The largest absolute Gasteiger partial charge is 0.416 e. The molecule has 1 aromatic carbocycles. The Hall–Kier alpha value is -1.07. The minimum absolute atomic E-state index is 0.0287. The highest BCUT2D eigenvalue weighted by Gasteiger charge is 2.34. The molecule has 1 rings (SSSR count). The number of ether oxygens (including phenoxy) is 1. The van der Waals surface area contributed by atoms with Crippen molar-refractivity contribution in [3.8, 4) is 0 Å². The van der Waals surface area contributed by atoms with Gasteiger partial charge >= 0.3 is 6.18 Å². The van der Waals surface area contributed by atoms with Gasteiger partial charge in [-0.1, -0.05) is 18.2 Å². The first-order valence-corrected chi connectivity index (χ1v) is 4.98. The van der Waals surface area contributed by atoms with E-state index in [-0.39, 0.29) is 12.1 Å². The standard InChI is InChI=1S/C11H14F3NO/c1-2-16-10(7-15)8-5-3-4-6-9(8)11(12,13)14/h3-6,10H,2,7,15H2,1H3. The third-order valence-electron chi connectivity index (χ3n) is 2.19. The zero-order valence-electron chi connectivity index (χ0n) is 8.92. The van der Waals surface area contributed by atoms with Crippen LogP contribution in [0, 0.1) is 0 Å². The molecular weight excluding hydrogens is 219 g/mol. The molecule has 0 fully saturated rings. The lowest BCUT2D eigenvalue weighted by molar-refractivity contribution is -0.139. The van der Waals surface area contributed by atoms with Gasteiger partial charge in [0.2, 0.25) is 0 Å². The van der Waals surface area contributed by atoms with Crippen molar-refractivity contribution in [1.29, 1.82) is 0 Å². The zero-order chi connectivity index (χ0) is 12.2. The first kappa shape index (κ1) is 13.0. The molecular formula is C11H14F3NO. The Morgan fingerprint density at radius 3 is 2.44 bits per heavy atom. The Morgan fingerprint density at radius 1 is 1.31 bits per heavy atom. The number of halogens is 3. The third-order valence-corrected chi connectivity index (χ3v) is 2.19. The summed E-state index contributed by atoms with van der Waals surface area (Å²) in [4.78, 5) is 0. The Balaban J connectivity index is 3.11. The zero-order valence-corrected chi connectivity index (χ0v) is 8.92. The van der Waals surface area contributed by atoms with E-state index in [0.29, 0.717) is 6.61 Å². The molecule has 0 saturated carbocycles. The fraction of sp³-hybridized carbons (Fsp3) is 0.455. The van der Waals surface area contributed by atoms with Gasteiger partial charge in [-0.25, -0.2) is 0 Å². The van der Waals surface area contributed by atoms with Gasteiger partial charge in [0.05, 0.1) is 11.7 Å². The van der Waals surface area contributed by atoms with Crippen molar-refractivity contribution in [1.82, 2.24) is 0 Å². The van der Waals surface area contributed by atoms with Crippen molar-refractivity contribution in [2.24, 2.45) is 5.73 Å². The summed E-state index contributed by atoms with van der Waals surface area (Å²) in [5.74, 6) is 0. The van der Waals surface area contributed by atoms with E-state index in [0.717, 1.165) is 6.07 Å². The lowest BCUT2D eigenvalue weighted by Gasteiger charge is -2.20. The van der Waals surface area contributed by atoms with Gasteiger partial charge in [0.15, 0.2) is 0 Å².